The molecule has 0 bridgehead atoms. The molecule has 0 saturated heterocycles. The first-order chi connectivity index (χ1) is 10.1. The second-order valence-electron chi connectivity index (χ2n) is 5.52. The van der Waals surface area contributed by atoms with E-state index in [1.165, 1.54) is 16.7 Å². The molecule has 1 aromatic heterocycles. The predicted molar refractivity (Wildman–Crippen MR) is 87.6 cm³/mol. The summed E-state index contributed by atoms with van der Waals surface area (Å²) in [7, 11) is 0. The highest BCUT2D eigenvalue weighted by molar-refractivity contribution is 5.68. The van der Waals surface area contributed by atoms with Crippen molar-refractivity contribution in [2.24, 2.45) is 0 Å². The van der Waals surface area contributed by atoms with Crippen LogP contribution >= 0.6 is 0 Å². The van der Waals surface area contributed by atoms with Crippen LogP contribution in [-0.2, 0) is 6.54 Å². The topological polar surface area (TPSA) is 34.2 Å². The zero-order valence-electron chi connectivity index (χ0n) is 13.3. The van der Waals surface area contributed by atoms with Crippen molar-refractivity contribution in [1.29, 1.82) is 0 Å². The van der Waals surface area contributed by atoms with Crippen LogP contribution in [0.5, 0.6) is 5.75 Å². The average molecular weight is 284 g/mol. The molecule has 2 rings (SSSR count). The van der Waals surface area contributed by atoms with Crippen molar-refractivity contribution < 1.29 is 4.74 Å². The van der Waals surface area contributed by atoms with Crippen LogP contribution in [0.25, 0.3) is 11.1 Å². The molecule has 3 heteroatoms. The second kappa shape index (κ2) is 7.23. The van der Waals surface area contributed by atoms with Gasteiger partial charge in [-0.3, -0.25) is 4.98 Å². The first-order valence-electron chi connectivity index (χ1n) is 7.52. The van der Waals surface area contributed by atoms with Crippen molar-refractivity contribution in [3.05, 3.63) is 47.8 Å². The van der Waals surface area contributed by atoms with E-state index in [1.54, 1.807) is 6.20 Å². The Balaban J connectivity index is 2.37. The van der Waals surface area contributed by atoms with Gasteiger partial charge in [-0.25, -0.2) is 0 Å². The van der Waals surface area contributed by atoms with Gasteiger partial charge in [0.1, 0.15) is 5.75 Å². The van der Waals surface area contributed by atoms with E-state index >= 15 is 0 Å². The molecule has 0 aliphatic heterocycles. The van der Waals surface area contributed by atoms with E-state index in [-0.39, 0.29) is 6.10 Å². The zero-order chi connectivity index (χ0) is 15.2. The maximum atomic E-state index is 5.75. The fourth-order valence-corrected chi connectivity index (χ4v) is 2.28. The number of benzene rings is 1. The Bertz CT molecular complexity index is 594. The molecule has 0 saturated carbocycles. The molecule has 1 aromatic carbocycles. The zero-order valence-corrected chi connectivity index (χ0v) is 13.3. The maximum Gasteiger partial charge on any atom is 0.138 e. The van der Waals surface area contributed by atoms with Crippen LogP contribution in [0, 0.1) is 6.92 Å². The van der Waals surface area contributed by atoms with E-state index in [0.717, 1.165) is 24.4 Å². The molecule has 0 aliphatic carbocycles. The van der Waals surface area contributed by atoms with E-state index in [1.807, 2.05) is 20.0 Å². The number of hydrogen-bond acceptors (Lipinski definition) is 3. The van der Waals surface area contributed by atoms with Crippen molar-refractivity contribution in [2.45, 2.75) is 40.3 Å². The Hall–Kier alpha value is -1.87. The van der Waals surface area contributed by atoms with Gasteiger partial charge in [-0.05, 0) is 44.5 Å². The van der Waals surface area contributed by atoms with Gasteiger partial charge in [0.25, 0.3) is 0 Å². The number of aryl methyl sites for hydroxylation is 1. The van der Waals surface area contributed by atoms with Crippen LogP contribution in [0.3, 0.4) is 0 Å². The van der Waals surface area contributed by atoms with Crippen molar-refractivity contribution >= 4 is 0 Å². The van der Waals surface area contributed by atoms with Gasteiger partial charge in [0, 0.05) is 18.3 Å². The molecule has 1 N–H and O–H groups in total. The number of nitrogens with one attached hydrogen (secondary N) is 1. The Kier molecular flexibility index (Phi) is 5.34. The summed E-state index contributed by atoms with van der Waals surface area (Å²) in [6.45, 7) is 10.1. The average Bonchev–Trinajstić information content (AvgIpc) is 2.45. The number of rotatable bonds is 6. The van der Waals surface area contributed by atoms with Crippen molar-refractivity contribution in [2.75, 3.05) is 6.54 Å². The third-order valence-corrected chi connectivity index (χ3v) is 3.23. The number of pyridine rings is 1. The largest absolute Gasteiger partial charge is 0.489 e. The lowest BCUT2D eigenvalue weighted by Gasteiger charge is -2.14. The SMILES string of the molecule is CCNCc1ccc(C)cc1-c1cncc(OC(C)C)c1. The molecule has 3 nitrogen and oxygen atoms in total. The number of aromatic nitrogens is 1. The molecule has 0 radical (unpaired) electrons. The van der Waals surface area contributed by atoms with Gasteiger partial charge < -0.3 is 10.1 Å². The molecular weight excluding hydrogens is 260 g/mol. The summed E-state index contributed by atoms with van der Waals surface area (Å²) in [4.78, 5) is 4.32. The van der Waals surface area contributed by atoms with E-state index in [0.29, 0.717) is 0 Å². The Labute approximate surface area is 127 Å². The van der Waals surface area contributed by atoms with Crippen molar-refractivity contribution in [1.82, 2.24) is 10.3 Å². The first kappa shape index (κ1) is 15.5. The molecule has 112 valence electrons. The number of hydrogen-bond donors (Lipinski definition) is 1. The molecule has 0 aliphatic rings. The lowest BCUT2D eigenvalue weighted by atomic mass is 9.98. The molecule has 0 spiro atoms. The predicted octanol–water partition coefficient (Wildman–Crippen LogP) is 3.95. The maximum absolute atomic E-state index is 5.75. The van der Waals surface area contributed by atoms with E-state index in [4.69, 9.17) is 4.74 Å². The molecular formula is C18H24N2O. The van der Waals surface area contributed by atoms with Gasteiger partial charge in [0.05, 0.1) is 12.3 Å². The summed E-state index contributed by atoms with van der Waals surface area (Å²) in [5.74, 6) is 0.818. The lowest BCUT2D eigenvalue weighted by Crippen LogP contribution is -2.12. The minimum absolute atomic E-state index is 0.154. The molecule has 21 heavy (non-hydrogen) atoms. The smallest absolute Gasteiger partial charge is 0.138 e. The van der Waals surface area contributed by atoms with Gasteiger partial charge in [-0.1, -0.05) is 30.7 Å². The highest BCUT2D eigenvalue weighted by Crippen LogP contribution is 2.27. The van der Waals surface area contributed by atoms with Gasteiger partial charge in [-0.2, -0.15) is 0 Å². The van der Waals surface area contributed by atoms with Gasteiger partial charge in [0.15, 0.2) is 0 Å². The van der Waals surface area contributed by atoms with Crippen LogP contribution in [0.1, 0.15) is 31.9 Å². The summed E-state index contributed by atoms with van der Waals surface area (Å²) in [6, 6.07) is 8.61. The van der Waals surface area contributed by atoms with E-state index < -0.39 is 0 Å². The normalized spacial score (nSPS) is 10.9. The van der Waals surface area contributed by atoms with Crippen molar-refractivity contribution in [3.8, 4) is 16.9 Å². The third kappa shape index (κ3) is 4.30. The van der Waals surface area contributed by atoms with Gasteiger partial charge in [0.2, 0.25) is 0 Å². The summed E-state index contributed by atoms with van der Waals surface area (Å²) in [6.07, 6.45) is 3.82. The monoisotopic (exact) mass is 284 g/mol. The standard InChI is InChI=1S/C18H24N2O/c1-5-19-10-15-7-6-14(4)8-18(15)16-9-17(12-20-11-16)21-13(2)3/h6-9,11-13,19H,5,10H2,1-4H3. The quantitative estimate of drug-likeness (QED) is 0.872. The Morgan fingerprint density at radius 2 is 2.00 bits per heavy atom. The highest BCUT2D eigenvalue weighted by Gasteiger charge is 2.08. The summed E-state index contributed by atoms with van der Waals surface area (Å²) >= 11 is 0. The minimum Gasteiger partial charge on any atom is -0.489 e. The fourth-order valence-electron chi connectivity index (χ4n) is 2.28. The van der Waals surface area contributed by atoms with Crippen LogP contribution in [0.4, 0.5) is 0 Å². The third-order valence-electron chi connectivity index (χ3n) is 3.23. The van der Waals surface area contributed by atoms with Crippen LogP contribution in [0.15, 0.2) is 36.7 Å². The first-order valence-corrected chi connectivity index (χ1v) is 7.52. The summed E-state index contributed by atoms with van der Waals surface area (Å²) in [5, 5.41) is 3.39. The second-order valence-corrected chi connectivity index (χ2v) is 5.52. The van der Waals surface area contributed by atoms with Gasteiger partial charge >= 0.3 is 0 Å². The highest BCUT2D eigenvalue weighted by atomic mass is 16.5. The summed E-state index contributed by atoms with van der Waals surface area (Å²) in [5.41, 5.74) is 4.86. The van der Waals surface area contributed by atoms with Crippen LogP contribution in [-0.4, -0.2) is 17.6 Å². The molecule has 1 heterocycles. The van der Waals surface area contributed by atoms with Crippen molar-refractivity contribution in [3.63, 3.8) is 0 Å². The molecule has 0 atom stereocenters. The number of nitrogens with zero attached hydrogens (tertiary/aromatic N) is 1. The molecule has 0 fully saturated rings. The molecule has 0 amide bonds. The van der Waals surface area contributed by atoms with Crippen LogP contribution in [0.2, 0.25) is 0 Å². The fraction of sp³-hybridized carbons (Fsp3) is 0.389. The Morgan fingerprint density at radius 1 is 1.19 bits per heavy atom. The van der Waals surface area contributed by atoms with E-state index in [2.05, 4.69) is 48.4 Å². The minimum atomic E-state index is 0.154. The van der Waals surface area contributed by atoms with Gasteiger partial charge in [-0.15, -0.1) is 0 Å². The molecule has 0 unspecified atom stereocenters. The summed E-state index contributed by atoms with van der Waals surface area (Å²) < 4.78 is 5.75. The van der Waals surface area contributed by atoms with Crippen LogP contribution < -0.4 is 10.1 Å². The Morgan fingerprint density at radius 3 is 2.71 bits per heavy atom. The lowest BCUT2D eigenvalue weighted by molar-refractivity contribution is 0.241. The number of ether oxygens (including phenoxy) is 1. The van der Waals surface area contributed by atoms with E-state index in [9.17, 15) is 0 Å². The molecule has 2 aromatic rings.